The monoisotopic (exact) mass is 954 g/mol. The van der Waals surface area contributed by atoms with Crippen LogP contribution in [0.1, 0.15) is 70.0 Å². The zero-order valence-electron chi connectivity index (χ0n) is 39.3. The van der Waals surface area contributed by atoms with E-state index in [-0.39, 0.29) is 42.1 Å². The Morgan fingerprint density at radius 2 is 1.61 bits per heavy atom. The molecule has 70 heavy (non-hydrogen) atoms. The van der Waals surface area contributed by atoms with Gasteiger partial charge >= 0.3 is 11.7 Å². The highest BCUT2D eigenvalue weighted by atomic mass is 19.1. The van der Waals surface area contributed by atoms with Gasteiger partial charge < -0.3 is 34.6 Å². The van der Waals surface area contributed by atoms with E-state index in [4.69, 9.17) is 24.5 Å². The fraction of sp³-hybridized carbons (Fsp3) is 0.392. The maximum atomic E-state index is 15.5. The van der Waals surface area contributed by atoms with Gasteiger partial charge in [0.1, 0.15) is 17.3 Å². The molecule has 364 valence electrons. The molecule has 2 atom stereocenters. The van der Waals surface area contributed by atoms with Crippen molar-refractivity contribution in [1.82, 2.24) is 43.1 Å². The van der Waals surface area contributed by atoms with Gasteiger partial charge in [-0.3, -0.25) is 33.1 Å². The van der Waals surface area contributed by atoms with Crippen molar-refractivity contribution < 1.29 is 38.5 Å². The summed E-state index contributed by atoms with van der Waals surface area (Å²) in [4.78, 5) is 55.0. The number of carboxylic acid groups (broad SMARTS) is 2. The summed E-state index contributed by atoms with van der Waals surface area (Å²) in [5, 5.41) is 37.7. The van der Waals surface area contributed by atoms with Crippen molar-refractivity contribution in [1.29, 1.82) is 5.41 Å². The number of aliphatic carboxylic acids is 1. The van der Waals surface area contributed by atoms with Crippen molar-refractivity contribution in [2.24, 2.45) is 13.0 Å². The van der Waals surface area contributed by atoms with E-state index >= 15 is 9.18 Å². The lowest BCUT2D eigenvalue weighted by molar-refractivity contribution is -0.135. The van der Waals surface area contributed by atoms with Crippen molar-refractivity contribution in [2.75, 3.05) is 52.6 Å². The van der Waals surface area contributed by atoms with E-state index in [1.807, 2.05) is 41.9 Å². The molecule has 4 aromatic heterocycles. The first-order chi connectivity index (χ1) is 33.8. The highest BCUT2D eigenvalue weighted by Gasteiger charge is 2.61. The maximum Gasteiger partial charge on any atom is 0.338 e. The second kappa shape index (κ2) is 18.6. The molecule has 4 aliphatic rings. The molecule has 7 aromatic rings. The second-order valence-electron chi connectivity index (χ2n) is 18.8. The molecule has 0 unspecified atom stereocenters. The lowest BCUT2D eigenvalue weighted by atomic mass is 9.91. The number of benzene rings is 3. The summed E-state index contributed by atoms with van der Waals surface area (Å²) < 4.78 is 35.0. The Balaban J connectivity index is 0.00000185. The van der Waals surface area contributed by atoms with Crippen molar-refractivity contribution in [2.45, 2.75) is 64.0 Å². The molecule has 7 heterocycles. The van der Waals surface area contributed by atoms with E-state index in [1.165, 1.54) is 0 Å². The number of rotatable bonds is 11. The average Bonchev–Trinajstić information content (AvgIpc) is 3.72. The van der Waals surface area contributed by atoms with E-state index < -0.39 is 17.9 Å². The number of fused-ring (bicyclic) bond motifs is 3. The van der Waals surface area contributed by atoms with E-state index in [9.17, 15) is 20.1 Å². The Bertz CT molecular complexity index is 3240. The molecule has 3 aromatic carbocycles. The van der Waals surface area contributed by atoms with Crippen LogP contribution in [0.25, 0.3) is 39.0 Å². The van der Waals surface area contributed by atoms with Gasteiger partial charge in [0.05, 0.1) is 60.5 Å². The molecule has 11 rings (SSSR count). The highest BCUT2D eigenvalue weighted by Crippen LogP contribution is 2.55. The SMILES string of the molecule is Cc1cc(-n2nc3c(c2-n2ccn(-c4ccc5c(cnn5C)c4)c2=O)CN(C(=O)c2cc4cc(C5CCOCC5)ccc4n2[C@@]2(C(=N)CC(=O)O)C[C@@H]2CN2CCOCC2)CC3)cc(C)c1F.O=CO. The Kier molecular flexibility index (Phi) is 12.4. The Hall–Kier alpha value is -7.22. The summed E-state index contributed by atoms with van der Waals surface area (Å²) >= 11 is 0. The molecule has 0 bridgehead atoms. The molecular formula is C51H55FN10O8. The van der Waals surface area contributed by atoms with Crippen LogP contribution in [0, 0.1) is 31.0 Å². The van der Waals surface area contributed by atoms with Gasteiger partial charge in [-0.25, -0.2) is 13.9 Å². The number of imidazole rings is 1. The van der Waals surface area contributed by atoms with Gasteiger partial charge in [-0.1, -0.05) is 6.07 Å². The van der Waals surface area contributed by atoms with Gasteiger partial charge in [0.15, 0.2) is 0 Å². The minimum atomic E-state index is -1.09. The van der Waals surface area contributed by atoms with Gasteiger partial charge in [-0.15, -0.1) is 0 Å². The van der Waals surface area contributed by atoms with Gasteiger partial charge in [-0.2, -0.15) is 10.2 Å². The predicted octanol–water partition coefficient (Wildman–Crippen LogP) is 5.75. The Morgan fingerprint density at radius 1 is 0.914 bits per heavy atom. The summed E-state index contributed by atoms with van der Waals surface area (Å²) in [5.74, 6) is -1.04. The predicted molar refractivity (Wildman–Crippen MR) is 257 cm³/mol. The van der Waals surface area contributed by atoms with E-state index in [0.29, 0.717) is 104 Å². The lowest BCUT2D eigenvalue weighted by Gasteiger charge is -2.31. The van der Waals surface area contributed by atoms with E-state index in [1.54, 1.807) is 68.0 Å². The van der Waals surface area contributed by atoms with Gasteiger partial charge in [0.25, 0.3) is 12.4 Å². The average molecular weight is 955 g/mol. The fourth-order valence-corrected chi connectivity index (χ4v) is 11.0. The summed E-state index contributed by atoms with van der Waals surface area (Å²) in [6, 6.07) is 17.4. The topological polar surface area (TPSA) is 208 Å². The largest absolute Gasteiger partial charge is 0.483 e. The van der Waals surface area contributed by atoms with Crippen LogP contribution in [0.3, 0.4) is 0 Å². The molecule has 0 radical (unpaired) electrons. The number of aryl methyl sites for hydroxylation is 3. The number of halogens is 1. The molecule has 3 fully saturated rings. The Labute approximate surface area is 401 Å². The van der Waals surface area contributed by atoms with Crippen LogP contribution < -0.4 is 5.69 Å². The zero-order chi connectivity index (χ0) is 49.0. The number of nitrogens with zero attached hydrogens (tertiary/aromatic N) is 9. The lowest BCUT2D eigenvalue weighted by Crippen LogP contribution is -2.42. The van der Waals surface area contributed by atoms with Crippen molar-refractivity contribution in [3.05, 3.63) is 123 Å². The minimum Gasteiger partial charge on any atom is -0.483 e. The molecule has 18 nitrogen and oxygen atoms in total. The number of carboxylic acids is 1. The number of morpholine rings is 1. The molecule has 3 N–H and O–H groups in total. The summed E-state index contributed by atoms with van der Waals surface area (Å²) in [5.41, 5.74) is 5.41. The van der Waals surface area contributed by atoms with Gasteiger partial charge in [0, 0.05) is 98.7 Å². The first kappa shape index (κ1) is 46.5. The molecule has 2 saturated heterocycles. The highest BCUT2D eigenvalue weighted by molar-refractivity contribution is 6.06. The van der Waals surface area contributed by atoms with Gasteiger partial charge in [-0.05, 0) is 104 Å². The number of carbonyl (C=O) groups is 3. The van der Waals surface area contributed by atoms with E-state index in [0.717, 1.165) is 53.3 Å². The zero-order valence-corrected chi connectivity index (χ0v) is 39.3. The fourth-order valence-electron chi connectivity index (χ4n) is 11.0. The van der Waals surface area contributed by atoms with Gasteiger partial charge in [0.2, 0.25) is 0 Å². The number of amides is 1. The standard InChI is InChI=1S/C50H53FN10O6.CH2O2/c1-30-20-38(21-31(2)46(30)51)61-47(59-13-12-58(49(59)65)37-5-7-41-35(23-37)27-53-55(41)3)39-29-57(11-8-40(39)54-61)48(64)43-24-34-22-33(32-9-16-66-17-10-32)4-6-42(34)60(43)50(44(52)25-45(62)63)26-36(50)28-56-14-18-67-19-15-56;2-1-3/h4-7,12-13,20-24,27,32,36,52H,8-11,14-19,25-26,28-29H2,1-3H3,(H,62,63);1H,(H,2,3)/t36-,50+;/m1./s1. The number of aromatic nitrogens is 7. The molecule has 0 spiro atoms. The maximum absolute atomic E-state index is 15.5. The van der Waals surface area contributed by atoms with Crippen LogP contribution in [-0.4, -0.2) is 130 Å². The Morgan fingerprint density at radius 3 is 2.34 bits per heavy atom. The second-order valence-corrected chi connectivity index (χ2v) is 18.8. The third-order valence-electron chi connectivity index (χ3n) is 14.6. The smallest absolute Gasteiger partial charge is 0.338 e. The molecule has 3 aliphatic heterocycles. The van der Waals surface area contributed by atoms with Crippen LogP contribution in [0.2, 0.25) is 0 Å². The summed E-state index contributed by atoms with van der Waals surface area (Å²) in [6.07, 6.45) is 7.39. The van der Waals surface area contributed by atoms with Crippen LogP contribution in [0.4, 0.5) is 4.39 Å². The first-order valence-corrected chi connectivity index (χ1v) is 23.6. The quantitative estimate of drug-likeness (QED) is 0.105. The van der Waals surface area contributed by atoms with Crippen LogP contribution in [0.5, 0.6) is 0 Å². The molecular weight excluding hydrogens is 900 g/mol. The molecule has 1 amide bonds. The normalized spacial score (nSPS) is 19.5. The molecule has 1 saturated carbocycles. The third kappa shape index (κ3) is 8.20. The number of ether oxygens (including phenoxy) is 2. The number of carbonyl (C=O) groups excluding carboxylic acids is 1. The molecule has 19 heteroatoms. The third-order valence-corrected chi connectivity index (χ3v) is 14.6. The minimum absolute atomic E-state index is 0.0688. The van der Waals surface area contributed by atoms with Crippen molar-refractivity contribution >= 4 is 45.9 Å². The molecule has 1 aliphatic carbocycles. The van der Waals surface area contributed by atoms with Crippen molar-refractivity contribution in [3.63, 3.8) is 0 Å². The summed E-state index contributed by atoms with van der Waals surface area (Å²) in [7, 11) is 1.86. The van der Waals surface area contributed by atoms with Crippen molar-refractivity contribution in [3.8, 4) is 17.2 Å². The van der Waals surface area contributed by atoms with Crippen LogP contribution >= 0.6 is 0 Å². The van der Waals surface area contributed by atoms with Crippen LogP contribution in [0.15, 0.2) is 78.0 Å². The van der Waals surface area contributed by atoms with Crippen LogP contribution in [-0.2, 0) is 44.6 Å². The first-order valence-electron chi connectivity index (χ1n) is 23.6. The van der Waals surface area contributed by atoms with E-state index in [2.05, 4.69) is 22.1 Å². The number of hydrogen-bond donors (Lipinski definition) is 3. The summed E-state index contributed by atoms with van der Waals surface area (Å²) in [6.45, 7) is 8.25. The number of nitrogens with one attached hydrogen (secondary N) is 1. The number of hydrogen-bond acceptors (Lipinski definition) is 10.